The molecule has 2 aromatic rings. The van der Waals surface area contributed by atoms with Crippen molar-refractivity contribution < 1.29 is 14.3 Å². The monoisotopic (exact) mass is 310 g/mol. The molecule has 2 aromatic carbocycles. The van der Waals surface area contributed by atoms with Crippen LogP contribution in [0.2, 0.25) is 0 Å². The Morgan fingerprint density at radius 3 is 2.43 bits per heavy atom. The van der Waals surface area contributed by atoms with Gasteiger partial charge in [-0.25, -0.2) is 4.79 Å². The summed E-state index contributed by atoms with van der Waals surface area (Å²) in [5.41, 5.74) is 1.92. The van der Waals surface area contributed by atoms with E-state index in [1.807, 2.05) is 36.4 Å². The summed E-state index contributed by atoms with van der Waals surface area (Å²) >= 11 is 0. The van der Waals surface area contributed by atoms with Crippen molar-refractivity contribution in [3.05, 3.63) is 60.2 Å². The highest BCUT2D eigenvalue weighted by Gasteiger charge is 2.24. The zero-order valence-electron chi connectivity index (χ0n) is 12.6. The number of amides is 1. The van der Waals surface area contributed by atoms with Crippen LogP contribution in [-0.4, -0.2) is 24.5 Å². The predicted molar refractivity (Wildman–Crippen MR) is 87.6 cm³/mol. The standard InChI is InChI=1S/C18H18N2O3/c21-17(20-14-10-11-14)12-23-18(22)15-8-4-5-9-16(15)19-13-6-2-1-3-7-13/h1-9,14,19H,10-12H2,(H,20,21). The normalized spacial score (nSPS) is 13.2. The van der Waals surface area contributed by atoms with E-state index >= 15 is 0 Å². The third-order valence-corrected chi connectivity index (χ3v) is 3.48. The van der Waals surface area contributed by atoms with E-state index in [-0.39, 0.29) is 18.6 Å². The Balaban J connectivity index is 1.64. The van der Waals surface area contributed by atoms with Crippen LogP contribution in [0.4, 0.5) is 11.4 Å². The molecule has 1 aliphatic carbocycles. The van der Waals surface area contributed by atoms with Gasteiger partial charge in [0.15, 0.2) is 6.61 Å². The number of carbonyl (C=O) groups is 2. The average molecular weight is 310 g/mol. The van der Waals surface area contributed by atoms with Gasteiger partial charge < -0.3 is 15.4 Å². The first-order chi connectivity index (χ1) is 11.2. The number of carbonyl (C=O) groups excluding carboxylic acids is 2. The van der Waals surface area contributed by atoms with Gasteiger partial charge in [0.05, 0.1) is 11.3 Å². The number of hydrogen-bond donors (Lipinski definition) is 2. The van der Waals surface area contributed by atoms with Crippen molar-refractivity contribution >= 4 is 23.3 Å². The van der Waals surface area contributed by atoms with E-state index in [0.29, 0.717) is 11.3 Å². The Kier molecular flexibility index (Phi) is 4.57. The van der Waals surface area contributed by atoms with E-state index in [4.69, 9.17) is 4.74 Å². The minimum absolute atomic E-state index is 0.255. The number of esters is 1. The van der Waals surface area contributed by atoms with E-state index < -0.39 is 5.97 Å². The van der Waals surface area contributed by atoms with Crippen molar-refractivity contribution in [3.63, 3.8) is 0 Å². The fraction of sp³-hybridized carbons (Fsp3) is 0.222. The Morgan fingerprint density at radius 2 is 1.70 bits per heavy atom. The van der Waals surface area contributed by atoms with Gasteiger partial charge in [-0.15, -0.1) is 0 Å². The average Bonchev–Trinajstić information content (AvgIpc) is 3.38. The molecular weight excluding hydrogens is 292 g/mol. The summed E-state index contributed by atoms with van der Waals surface area (Å²) < 4.78 is 5.11. The summed E-state index contributed by atoms with van der Waals surface area (Å²) in [6, 6.07) is 16.9. The second-order valence-corrected chi connectivity index (χ2v) is 5.45. The van der Waals surface area contributed by atoms with Gasteiger partial charge in [-0.05, 0) is 37.1 Å². The predicted octanol–water partition coefficient (Wildman–Crippen LogP) is 2.87. The van der Waals surface area contributed by atoms with Crippen molar-refractivity contribution in [2.45, 2.75) is 18.9 Å². The van der Waals surface area contributed by atoms with Crippen molar-refractivity contribution in [1.82, 2.24) is 5.32 Å². The molecule has 5 nitrogen and oxygen atoms in total. The summed E-state index contributed by atoms with van der Waals surface area (Å²) in [5.74, 6) is -0.774. The summed E-state index contributed by atoms with van der Waals surface area (Å²) in [4.78, 5) is 23.8. The zero-order chi connectivity index (χ0) is 16.1. The van der Waals surface area contributed by atoms with Crippen LogP contribution in [0.5, 0.6) is 0 Å². The minimum Gasteiger partial charge on any atom is -0.452 e. The van der Waals surface area contributed by atoms with Gasteiger partial charge in [0.2, 0.25) is 0 Å². The molecular formula is C18H18N2O3. The van der Waals surface area contributed by atoms with E-state index in [2.05, 4.69) is 10.6 Å². The molecule has 2 N–H and O–H groups in total. The van der Waals surface area contributed by atoms with Crippen LogP contribution in [0, 0.1) is 0 Å². The molecule has 0 aliphatic heterocycles. The molecule has 0 heterocycles. The van der Waals surface area contributed by atoms with Crippen LogP contribution in [0.25, 0.3) is 0 Å². The second kappa shape index (κ2) is 6.96. The van der Waals surface area contributed by atoms with Crippen LogP contribution in [0.15, 0.2) is 54.6 Å². The number of anilines is 2. The Hall–Kier alpha value is -2.82. The molecule has 1 fully saturated rings. The van der Waals surface area contributed by atoms with Gasteiger partial charge >= 0.3 is 5.97 Å². The van der Waals surface area contributed by atoms with Crippen molar-refractivity contribution in [2.75, 3.05) is 11.9 Å². The largest absolute Gasteiger partial charge is 0.452 e. The lowest BCUT2D eigenvalue weighted by molar-refractivity contribution is -0.124. The maximum atomic E-state index is 12.2. The highest BCUT2D eigenvalue weighted by atomic mass is 16.5. The number of hydrogen-bond acceptors (Lipinski definition) is 4. The van der Waals surface area contributed by atoms with Crippen LogP contribution in [0.3, 0.4) is 0 Å². The topological polar surface area (TPSA) is 67.4 Å². The highest BCUT2D eigenvalue weighted by Crippen LogP contribution is 2.21. The van der Waals surface area contributed by atoms with E-state index in [0.717, 1.165) is 18.5 Å². The molecule has 0 radical (unpaired) electrons. The van der Waals surface area contributed by atoms with Crippen LogP contribution in [-0.2, 0) is 9.53 Å². The molecule has 0 saturated heterocycles. The molecule has 0 aromatic heterocycles. The van der Waals surface area contributed by atoms with Gasteiger partial charge in [0.1, 0.15) is 0 Å². The molecule has 0 atom stereocenters. The van der Waals surface area contributed by atoms with Gasteiger partial charge in [0, 0.05) is 11.7 Å². The zero-order valence-corrected chi connectivity index (χ0v) is 12.6. The van der Waals surface area contributed by atoms with E-state index in [1.165, 1.54) is 0 Å². The van der Waals surface area contributed by atoms with Crippen molar-refractivity contribution in [3.8, 4) is 0 Å². The lowest BCUT2D eigenvalue weighted by Crippen LogP contribution is -2.30. The van der Waals surface area contributed by atoms with E-state index in [1.54, 1.807) is 18.2 Å². The fourth-order valence-electron chi connectivity index (χ4n) is 2.15. The quantitative estimate of drug-likeness (QED) is 0.805. The fourth-order valence-corrected chi connectivity index (χ4v) is 2.15. The van der Waals surface area contributed by atoms with Crippen molar-refractivity contribution in [2.24, 2.45) is 0 Å². The number of rotatable bonds is 6. The maximum absolute atomic E-state index is 12.2. The molecule has 1 saturated carbocycles. The smallest absolute Gasteiger partial charge is 0.340 e. The first kappa shape index (κ1) is 15.1. The van der Waals surface area contributed by atoms with Gasteiger partial charge in [-0.1, -0.05) is 30.3 Å². The Labute approximate surface area is 134 Å². The molecule has 1 aliphatic rings. The molecule has 5 heteroatoms. The van der Waals surface area contributed by atoms with Gasteiger partial charge in [-0.3, -0.25) is 4.79 Å². The molecule has 0 spiro atoms. The number of para-hydroxylation sites is 2. The highest BCUT2D eigenvalue weighted by molar-refractivity contribution is 5.97. The van der Waals surface area contributed by atoms with Crippen LogP contribution < -0.4 is 10.6 Å². The summed E-state index contributed by atoms with van der Waals surface area (Å²) in [5, 5.41) is 5.97. The van der Waals surface area contributed by atoms with E-state index in [9.17, 15) is 9.59 Å². The lowest BCUT2D eigenvalue weighted by atomic mass is 10.1. The van der Waals surface area contributed by atoms with Gasteiger partial charge in [0.25, 0.3) is 5.91 Å². The lowest BCUT2D eigenvalue weighted by Gasteiger charge is -2.11. The van der Waals surface area contributed by atoms with Crippen molar-refractivity contribution in [1.29, 1.82) is 0 Å². The molecule has 23 heavy (non-hydrogen) atoms. The maximum Gasteiger partial charge on any atom is 0.340 e. The SMILES string of the molecule is O=C(COC(=O)c1ccccc1Nc1ccccc1)NC1CC1. The Morgan fingerprint density at radius 1 is 1.00 bits per heavy atom. The molecule has 118 valence electrons. The van der Waals surface area contributed by atoms with Gasteiger partial charge in [-0.2, -0.15) is 0 Å². The first-order valence-electron chi connectivity index (χ1n) is 7.60. The molecule has 3 rings (SSSR count). The Bertz CT molecular complexity index is 696. The van der Waals surface area contributed by atoms with Crippen LogP contribution >= 0.6 is 0 Å². The third-order valence-electron chi connectivity index (χ3n) is 3.48. The second-order valence-electron chi connectivity index (χ2n) is 5.45. The number of benzene rings is 2. The van der Waals surface area contributed by atoms with Crippen LogP contribution in [0.1, 0.15) is 23.2 Å². The minimum atomic E-state index is -0.519. The molecule has 1 amide bonds. The molecule has 0 bridgehead atoms. The third kappa shape index (κ3) is 4.32. The number of nitrogens with one attached hydrogen (secondary N) is 2. The molecule has 0 unspecified atom stereocenters. The summed E-state index contributed by atoms with van der Waals surface area (Å²) in [7, 11) is 0. The summed E-state index contributed by atoms with van der Waals surface area (Å²) in [6.07, 6.45) is 2.01. The first-order valence-corrected chi connectivity index (χ1v) is 7.60. The number of ether oxygens (including phenoxy) is 1. The summed E-state index contributed by atoms with van der Waals surface area (Å²) in [6.45, 7) is -0.255.